The van der Waals surface area contributed by atoms with E-state index in [4.69, 9.17) is 4.74 Å². The molecule has 4 heterocycles. The van der Waals surface area contributed by atoms with Crippen molar-refractivity contribution in [1.29, 1.82) is 0 Å². The van der Waals surface area contributed by atoms with Crippen molar-refractivity contribution < 1.29 is 9.53 Å². The van der Waals surface area contributed by atoms with E-state index in [2.05, 4.69) is 14.8 Å². The maximum atomic E-state index is 12.3. The maximum absolute atomic E-state index is 12.3. The second-order valence-electron chi connectivity index (χ2n) is 6.72. The maximum Gasteiger partial charge on any atom is 0.225 e. The molecule has 120 valence electrons. The molecular weight excluding hydrogens is 280 g/mol. The van der Waals surface area contributed by atoms with Gasteiger partial charge in [-0.15, -0.1) is 10.2 Å². The van der Waals surface area contributed by atoms with Crippen LogP contribution in [0.25, 0.3) is 0 Å². The summed E-state index contributed by atoms with van der Waals surface area (Å²) in [5, 5.41) is 8.71. The molecule has 1 atom stereocenters. The van der Waals surface area contributed by atoms with Crippen LogP contribution in [0.15, 0.2) is 0 Å². The quantitative estimate of drug-likeness (QED) is 0.849. The minimum absolute atomic E-state index is 0.157. The lowest BCUT2D eigenvalue weighted by molar-refractivity contribution is -0.134. The van der Waals surface area contributed by atoms with Gasteiger partial charge in [0, 0.05) is 38.6 Å². The molecule has 3 aliphatic rings. The van der Waals surface area contributed by atoms with Crippen molar-refractivity contribution in [3.05, 3.63) is 11.6 Å². The van der Waals surface area contributed by atoms with Crippen LogP contribution in [0.5, 0.6) is 0 Å². The van der Waals surface area contributed by atoms with Crippen molar-refractivity contribution in [2.24, 2.45) is 0 Å². The summed E-state index contributed by atoms with van der Waals surface area (Å²) in [6, 6.07) is 0. The molecule has 2 saturated heterocycles. The van der Waals surface area contributed by atoms with Gasteiger partial charge < -0.3 is 14.2 Å². The molecule has 6 heteroatoms. The van der Waals surface area contributed by atoms with E-state index in [1.54, 1.807) is 0 Å². The number of likely N-dealkylation sites (tertiary alicyclic amines) is 1. The molecule has 3 aliphatic heterocycles. The predicted octanol–water partition coefficient (Wildman–Crippen LogP) is 1.50. The first-order valence-electron chi connectivity index (χ1n) is 8.62. The van der Waals surface area contributed by atoms with Crippen LogP contribution in [0, 0.1) is 0 Å². The van der Waals surface area contributed by atoms with E-state index in [0.29, 0.717) is 12.3 Å². The average Bonchev–Trinajstić information content (AvgIpc) is 3.25. The van der Waals surface area contributed by atoms with Gasteiger partial charge in [0.15, 0.2) is 0 Å². The number of fused-ring (bicyclic) bond motifs is 1. The smallest absolute Gasteiger partial charge is 0.225 e. The Bertz CT molecular complexity index is 542. The molecule has 2 fully saturated rings. The highest BCUT2D eigenvalue weighted by Gasteiger charge is 2.30. The number of carbonyl (C=O) groups excluding carboxylic acids is 1. The van der Waals surface area contributed by atoms with Gasteiger partial charge in [0.05, 0.1) is 12.5 Å². The first-order chi connectivity index (χ1) is 10.8. The highest BCUT2D eigenvalue weighted by Crippen LogP contribution is 2.30. The summed E-state index contributed by atoms with van der Waals surface area (Å²) >= 11 is 0. The molecule has 4 rings (SSSR count). The van der Waals surface area contributed by atoms with Crippen molar-refractivity contribution in [3.63, 3.8) is 0 Å². The van der Waals surface area contributed by atoms with E-state index in [9.17, 15) is 4.79 Å². The Labute approximate surface area is 130 Å². The number of amides is 1. The van der Waals surface area contributed by atoms with Gasteiger partial charge in [-0.25, -0.2) is 0 Å². The van der Waals surface area contributed by atoms with E-state index < -0.39 is 0 Å². The van der Waals surface area contributed by atoms with Gasteiger partial charge >= 0.3 is 0 Å². The van der Waals surface area contributed by atoms with Crippen molar-refractivity contribution >= 4 is 5.91 Å². The summed E-state index contributed by atoms with van der Waals surface area (Å²) < 4.78 is 7.88. The highest BCUT2D eigenvalue weighted by atomic mass is 16.5. The van der Waals surface area contributed by atoms with Gasteiger partial charge in [-0.2, -0.15) is 0 Å². The molecule has 0 aromatic carbocycles. The lowest BCUT2D eigenvalue weighted by Crippen LogP contribution is -2.39. The SMILES string of the molecule is O=C(CC1CCCO1)N1CCC(c2nnc3n2CCC3)CC1. The van der Waals surface area contributed by atoms with Gasteiger partial charge in [-0.1, -0.05) is 0 Å². The monoisotopic (exact) mass is 304 g/mol. The summed E-state index contributed by atoms with van der Waals surface area (Å²) in [4.78, 5) is 14.4. The zero-order valence-corrected chi connectivity index (χ0v) is 13.0. The molecule has 0 radical (unpaired) electrons. The lowest BCUT2D eigenvalue weighted by Gasteiger charge is -2.32. The van der Waals surface area contributed by atoms with Gasteiger partial charge in [-0.05, 0) is 32.1 Å². The molecule has 1 unspecified atom stereocenters. The van der Waals surface area contributed by atoms with Gasteiger partial charge in [0.25, 0.3) is 0 Å². The molecule has 22 heavy (non-hydrogen) atoms. The summed E-state index contributed by atoms with van der Waals surface area (Å²) in [7, 11) is 0. The number of hydrogen-bond acceptors (Lipinski definition) is 4. The molecule has 1 amide bonds. The highest BCUT2D eigenvalue weighted by molar-refractivity contribution is 5.76. The van der Waals surface area contributed by atoms with Gasteiger partial charge in [-0.3, -0.25) is 4.79 Å². The number of aromatic nitrogens is 3. The van der Waals surface area contributed by atoms with Gasteiger partial charge in [0.1, 0.15) is 11.6 Å². The van der Waals surface area contributed by atoms with E-state index in [1.807, 2.05) is 4.90 Å². The van der Waals surface area contributed by atoms with Crippen LogP contribution in [0.4, 0.5) is 0 Å². The van der Waals surface area contributed by atoms with Crippen LogP contribution < -0.4 is 0 Å². The second-order valence-corrected chi connectivity index (χ2v) is 6.72. The topological polar surface area (TPSA) is 60.2 Å². The summed E-state index contributed by atoms with van der Waals surface area (Å²) in [6.07, 6.45) is 7.12. The fraction of sp³-hybridized carbons (Fsp3) is 0.812. The molecule has 6 nitrogen and oxygen atoms in total. The Balaban J connectivity index is 1.33. The number of carbonyl (C=O) groups is 1. The first-order valence-corrected chi connectivity index (χ1v) is 8.62. The molecule has 0 bridgehead atoms. The summed E-state index contributed by atoms with van der Waals surface area (Å²) in [5.74, 6) is 3.02. The Hall–Kier alpha value is -1.43. The number of aryl methyl sites for hydroxylation is 1. The van der Waals surface area contributed by atoms with Crippen molar-refractivity contribution in [2.45, 2.75) is 63.5 Å². The summed E-state index contributed by atoms with van der Waals surface area (Å²) in [6.45, 7) is 3.57. The Morgan fingerprint density at radius 1 is 1.14 bits per heavy atom. The third-order valence-electron chi connectivity index (χ3n) is 5.28. The van der Waals surface area contributed by atoms with Crippen molar-refractivity contribution in [2.75, 3.05) is 19.7 Å². The normalized spacial score (nSPS) is 25.6. The Kier molecular flexibility index (Phi) is 3.86. The first kappa shape index (κ1) is 14.2. The molecule has 1 aromatic rings. The standard InChI is InChI=1S/C16H24N4O2/c21-15(11-13-3-2-10-22-13)19-8-5-12(6-9-19)16-18-17-14-4-1-7-20(14)16/h12-13H,1-11H2. The number of piperidine rings is 1. The average molecular weight is 304 g/mol. The molecular formula is C16H24N4O2. The van der Waals surface area contributed by atoms with Crippen LogP contribution in [0.3, 0.4) is 0 Å². The third kappa shape index (κ3) is 2.64. The zero-order chi connectivity index (χ0) is 14.9. The Morgan fingerprint density at radius 2 is 2.00 bits per heavy atom. The molecule has 0 N–H and O–H groups in total. The second kappa shape index (κ2) is 5.99. The number of rotatable bonds is 3. The van der Waals surface area contributed by atoms with Crippen LogP contribution in [0.2, 0.25) is 0 Å². The molecule has 1 aromatic heterocycles. The van der Waals surface area contributed by atoms with Gasteiger partial charge in [0.2, 0.25) is 5.91 Å². The van der Waals surface area contributed by atoms with E-state index in [1.165, 1.54) is 6.42 Å². The van der Waals surface area contributed by atoms with E-state index in [-0.39, 0.29) is 12.0 Å². The number of nitrogens with zero attached hydrogens (tertiary/aromatic N) is 4. The molecule has 0 spiro atoms. The summed E-state index contributed by atoms with van der Waals surface area (Å²) in [5.41, 5.74) is 0. The largest absolute Gasteiger partial charge is 0.378 e. The fourth-order valence-electron chi connectivity index (χ4n) is 3.99. The lowest BCUT2D eigenvalue weighted by atomic mass is 9.95. The van der Waals surface area contributed by atoms with E-state index >= 15 is 0 Å². The molecule has 0 saturated carbocycles. The predicted molar refractivity (Wildman–Crippen MR) is 80.5 cm³/mol. The molecule has 0 aliphatic carbocycles. The zero-order valence-electron chi connectivity index (χ0n) is 13.0. The van der Waals surface area contributed by atoms with Crippen LogP contribution in [-0.2, 0) is 22.5 Å². The number of hydrogen-bond donors (Lipinski definition) is 0. The van der Waals surface area contributed by atoms with E-state index in [0.717, 1.165) is 70.0 Å². The van der Waals surface area contributed by atoms with Crippen molar-refractivity contribution in [3.8, 4) is 0 Å². The van der Waals surface area contributed by atoms with Crippen molar-refractivity contribution in [1.82, 2.24) is 19.7 Å². The third-order valence-corrected chi connectivity index (χ3v) is 5.28. The minimum Gasteiger partial charge on any atom is -0.378 e. The van der Waals surface area contributed by atoms with Crippen LogP contribution >= 0.6 is 0 Å². The fourth-order valence-corrected chi connectivity index (χ4v) is 3.99. The minimum atomic E-state index is 0.157. The van der Waals surface area contributed by atoms with Crippen LogP contribution in [0.1, 0.15) is 56.1 Å². The Morgan fingerprint density at radius 3 is 2.77 bits per heavy atom. The van der Waals surface area contributed by atoms with Crippen LogP contribution in [-0.4, -0.2) is 51.4 Å². The number of ether oxygens (including phenoxy) is 1.